The lowest BCUT2D eigenvalue weighted by Gasteiger charge is -2.12. The number of hydrogen-bond donors (Lipinski definition) is 4. The van der Waals surface area contributed by atoms with Gasteiger partial charge in [0, 0.05) is 23.2 Å². The van der Waals surface area contributed by atoms with Gasteiger partial charge in [-0.1, -0.05) is 6.92 Å². The Morgan fingerprint density at radius 3 is 2.23 bits per heavy atom. The molecule has 0 heterocycles. The number of rotatable bonds is 6. The second kappa shape index (κ2) is 11.3. The fourth-order valence-electron chi connectivity index (χ4n) is 2.26. The Kier molecular flexibility index (Phi) is 8.75. The lowest BCUT2D eigenvalue weighted by molar-refractivity contribution is -0.115. The minimum Gasteiger partial charge on any atom is -0.493 e. The summed E-state index contributed by atoms with van der Waals surface area (Å²) < 4.78 is 6.05. The number of anilines is 1. The van der Waals surface area contributed by atoms with E-state index in [4.69, 9.17) is 17.0 Å². The van der Waals surface area contributed by atoms with Gasteiger partial charge in [-0.25, -0.2) is 0 Å². The summed E-state index contributed by atoms with van der Waals surface area (Å²) in [6, 6.07) is 11.2. The number of carbonyl (C=O) groups is 3. The third kappa shape index (κ3) is 6.82. The average molecular weight is 493 g/mol. The van der Waals surface area contributed by atoms with Crippen molar-refractivity contribution in [3.63, 3.8) is 0 Å². The lowest BCUT2D eigenvalue weighted by atomic mass is 10.2. The molecule has 0 aromatic heterocycles. The number of hydrazine groups is 1. The highest BCUT2D eigenvalue weighted by molar-refractivity contribution is 9.10. The summed E-state index contributed by atoms with van der Waals surface area (Å²) in [5.74, 6) is -0.387. The largest absolute Gasteiger partial charge is 0.493 e. The second-order valence-electron chi connectivity index (χ2n) is 5.92. The van der Waals surface area contributed by atoms with E-state index in [0.717, 1.165) is 0 Å². The zero-order valence-corrected chi connectivity index (χ0v) is 18.8. The van der Waals surface area contributed by atoms with Gasteiger partial charge in [0.25, 0.3) is 11.8 Å². The molecule has 0 unspecified atom stereocenters. The minimum absolute atomic E-state index is 0.0646. The van der Waals surface area contributed by atoms with Crippen molar-refractivity contribution in [2.45, 2.75) is 20.3 Å². The molecule has 2 aromatic rings. The highest BCUT2D eigenvalue weighted by Crippen LogP contribution is 2.25. The molecule has 0 fully saturated rings. The van der Waals surface area contributed by atoms with E-state index in [1.54, 1.807) is 49.4 Å². The molecule has 2 rings (SSSR count). The van der Waals surface area contributed by atoms with Gasteiger partial charge in [-0.2, -0.15) is 0 Å². The van der Waals surface area contributed by atoms with Crippen molar-refractivity contribution in [1.29, 1.82) is 0 Å². The fourth-order valence-corrected chi connectivity index (χ4v) is 2.90. The van der Waals surface area contributed by atoms with E-state index in [1.165, 1.54) is 0 Å². The van der Waals surface area contributed by atoms with E-state index in [0.29, 0.717) is 40.1 Å². The predicted octanol–water partition coefficient (Wildman–Crippen LogP) is 3.15. The van der Waals surface area contributed by atoms with Crippen LogP contribution in [0.3, 0.4) is 0 Å². The molecule has 0 bridgehead atoms. The van der Waals surface area contributed by atoms with Crippen LogP contribution < -0.4 is 26.2 Å². The molecule has 2 aromatic carbocycles. The summed E-state index contributed by atoms with van der Waals surface area (Å²) in [6.45, 7) is 4.12. The summed E-state index contributed by atoms with van der Waals surface area (Å²) in [4.78, 5) is 35.9. The maximum absolute atomic E-state index is 12.3. The molecule has 0 spiro atoms. The Balaban J connectivity index is 1.86. The van der Waals surface area contributed by atoms with Gasteiger partial charge >= 0.3 is 0 Å². The lowest BCUT2D eigenvalue weighted by Crippen LogP contribution is -2.48. The van der Waals surface area contributed by atoms with Crippen LogP contribution in [0.25, 0.3) is 0 Å². The van der Waals surface area contributed by atoms with Gasteiger partial charge < -0.3 is 10.1 Å². The molecular weight excluding hydrogens is 472 g/mol. The van der Waals surface area contributed by atoms with Crippen LogP contribution in [-0.2, 0) is 4.79 Å². The quantitative estimate of drug-likeness (QED) is 0.364. The SMILES string of the molecule is CCOc1ccc(C(=O)NC(=S)NNC(=O)c2ccc(NC(=O)CC)cc2)cc1Br. The van der Waals surface area contributed by atoms with E-state index in [1.807, 2.05) is 6.92 Å². The van der Waals surface area contributed by atoms with Gasteiger partial charge in [-0.15, -0.1) is 0 Å². The van der Waals surface area contributed by atoms with E-state index in [-0.39, 0.29) is 11.0 Å². The number of amides is 3. The van der Waals surface area contributed by atoms with Crippen LogP contribution in [0.15, 0.2) is 46.9 Å². The van der Waals surface area contributed by atoms with Crippen molar-refractivity contribution in [1.82, 2.24) is 16.2 Å². The number of ether oxygens (including phenoxy) is 1. The predicted molar refractivity (Wildman–Crippen MR) is 121 cm³/mol. The number of benzene rings is 2. The van der Waals surface area contributed by atoms with Crippen molar-refractivity contribution in [3.05, 3.63) is 58.1 Å². The summed E-state index contributed by atoms with van der Waals surface area (Å²) in [5.41, 5.74) is 6.19. The van der Waals surface area contributed by atoms with Gasteiger partial charge in [0.05, 0.1) is 11.1 Å². The first-order chi connectivity index (χ1) is 14.3. The molecule has 0 radical (unpaired) electrons. The maximum atomic E-state index is 12.3. The first-order valence-electron chi connectivity index (χ1n) is 9.08. The number of thiocarbonyl (C=S) groups is 1. The second-order valence-corrected chi connectivity index (χ2v) is 7.18. The van der Waals surface area contributed by atoms with Crippen LogP contribution in [0.4, 0.5) is 5.69 Å². The molecule has 3 amide bonds. The number of nitrogens with one attached hydrogen (secondary N) is 4. The number of halogens is 1. The van der Waals surface area contributed by atoms with Crippen LogP contribution in [-0.4, -0.2) is 29.4 Å². The maximum Gasteiger partial charge on any atom is 0.269 e. The van der Waals surface area contributed by atoms with E-state index >= 15 is 0 Å². The summed E-state index contributed by atoms with van der Waals surface area (Å²) in [6.07, 6.45) is 0.364. The van der Waals surface area contributed by atoms with Crippen LogP contribution >= 0.6 is 28.1 Å². The first kappa shape index (κ1) is 23.3. The van der Waals surface area contributed by atoms with Crippen molar-refractivity contribution in [2.24, 2.45) is 0 Å². The van der Waals surface area contributed by atoms with E-state index in [2.05, 4.69) is 37.4 Å². The minimum atomic E-state index is -0.455. The topological polar surface area (TPSA) is 109 Å². The third-order valence-corrected chi connectivity index (χ3v) is 4.59. The molecule has 0 saturated carbocycles. The van der Waals surface area contributed by atoms with Crippen LogP contribution in [0, 0.1) is 0 Å². The first-order valence-corrected chi connectivity index (χ1v) is 10.3. The molecule has 0 atom stereocenters. The van der Waals surface area contributed by atoms with Gasteiger partial charge in [-0.3, -0.25) is 30.6 Å². The molecular formula is C20H21BrN4O4S. The molecule has 8 nitrogen and oxygen atoms in total. The normalized spacial score (nSPS) is 9.97. The molecule has 4 N–H and O–H groups in total. The smallest absolute Gasteiger partial charge is 0.269 e. The third-order valence-electron chi connectivity index (χ3n) is 3.76. The van der Waals surface area contributed by atoms with Crippen molar-refractivity contribution >= 4 is 56.7 Å². The van der Waals surface area contributed by atoms with E-state index in [9.17, 15) is 14.4 Å². The highest BCUT2D eigenvalue weighted by atomic mass is 79.9. The molecule has 30 heavy (non-hydrogen) atoms. The zero-order chi connectivity index (χ0) is 22.1. The van der Waals surface area contributed by atoms with Crippen LogP contribution in [0.5, 0.6) is 5.75 Å². The van der Waals surface area contributed by atoms with Crippen LogP contribution in [0.1, 0.15) is 41.0 Å². The highest BCUT2D eigenvalue weighted by Gasteiger charge is 2.12. The monoisotopic (exact) mass is 492 g/mol. The Labute approximate surface area is 187 Å². The summed E-state index contributed by atoms with van der Waals surface area (Å²) >= 11 is 8.39. The summed E-state index contributed by atoms with van der Waals surface area (Å²) in [5, 5.41) is 5.11. The van der Waals surface area contributed by atoms with Crippen molar-refractivity contribution in [2.75, 3.05) is 11.9 Å². The molecule has 0 aliphatic heterocycles. The number of hydrogen-bond acceptors (Lipinski definition) is 5. The molecule has 158 valence electrons. The molecule has 0 aliphatic carbocycles. The van der Waals surface area contributed by atoms with Gasteiger partial charge in [0.15, 0.2) is 5.11 Å². The Hall–Kier alpha value is -2.98. The summed E-state index contributed by atoms with van der Waals surface area (Å²) in [7, 11) is 0. The molecule has 0 aliphatic rings. The molecule has 10 heteroatoms. The number of carbonyl (C=O) groups excluding carboxylic acids is 3. The molecule has 0 saturated heterocycles. The fraction of sp³-hybridized carbons (Fsp3) is 0.200. The average Bonchev–Trinajstić information content (AvgIpc) is 2.74. The van der Waals surface area contributed by atoms with Gasteiger partial charge in [0.1, 0.15) is 5.75 Å². The van der Waals surface area contributed by atoms with Gasteiger partial charge in [-0.05, 0) is 77.5 Å². The zero-order valence-electron chi connectivity index (χ0n) is 16.4. The van der Waals surface area contributed by atoms with Crippen molar-refractivity contribution < 1.29 is 19.1 Å². The Morgan fingerprint density at radius 2 is 1.63 bits per heavy atom. The van der Waals surface area contributed by atoms with Gasteiger partial charge in [0.2, 0.25) is 5.91 Å². The standard InChI is InChI=1S/C20H21BrN4O4S/c1-3-17(26)22-14-8-5-12(6-9-14)19(28)24-25-20(30)23-18(27)13-7-10-16(29-4-2)15(21)11-13/h5-11H,3-4H2,1-2H3,(H,22,26)(H,24,28)(H2,23,25,27,30). The van der Waals surface area contributed by atoms with Crippen LogP contribution in [0.2, 0.25) is 0 Å². The Morgan fingerprint density at radius 1 is 0.967 bits per heavy atom. The Bertz CT molecular complexity index is 950. The van der Waals surface area contributed by atoms with E-state index < -0.39 is 11.8 Å². The van der Waals surface area contributed by atoms with Crippen molar-refractivity contribution in [3.8, 4) is 5.75 Å².